The van der Waals surface area contributed by atoms with E-state index in [9.17, 15) is 0 Å². The quantitative estimate of drug-likeness (QED) is 0.756. The fourth-order valence-corrected chi connectivity index (χ4v) is 2.00. The van der Waals surface area contributed by atoms with Crippen molar-refractivity contribution in [3.05, 3.63) is 11.6 Å². The van der Waals surface area contributed by atoms with Gasteiger partial charge in [0.1, 0.15) is 5.82 Å². The molecule has 0 spiro atoms. The molecule has 0 radical (unpaired) electrons. The van der Waals surface area contributed by atoms with Crippen LogP contribution >= 0.6 is 0 Å². The van der Waals surface area contributed by atoms with Crippen molar-refractivity contribution in [3.63, 3.8) is 0 Å². The van der Waals surface area contributed by atoms with Crippen LogP contribution in [0.2, 0.25) is 0 Å². The van der Waals surface area contributed by atoms with E-state index in [2.05, 4.69) is 20.5 Å². The molecule has 0 unspecified atom stereocenters. The monoisotopic (exact) mass is 194 g/mol. The highest BCUT2D eigenvalue weighted by Crippen LogP contribution is 2.17. The molecular formula is C10H18N4. The first kappa shape index (κ1) is 9.65. The molecular weight excluding hydrogens is 176 g/mol. The van der Waals surface area contributed by atoms with Gasteiger partial charge < -0.3 is 5.32 Å². The lowest BCUT2D eigenvalue weighted by molar-refractivity contribution is 0.352. The molecule has 1 aromatic rings. The maximum absolute atomic E-state index is 4.31. The molecule has 4 nitrogen and oxygen atoms in total. The molecule has 1 saturated heterocycles. The van der Waals surface area contributed by atoms with E-state index >= 15 is 0 Å². The molecule has 1 aromatic heterocycles. The number of H-pyrrole nitrogens is 1. The smallest absolute Gasteiger partial charge is 0.150 e. The van der Waals surface area contributed by atoms with E-state index in [-0.39, 0.29) is 0 Å². The fourth-order valence-electron chi connectivity index (χ4n) is 2.00. The number of nitrogens with zero attached hydrogens (tertiary/aromatic N) is 2. The van der Waals surface area contributed by atoms with Gasteiger partial charge in [0.05, 0.1) is 0 Å². The molecule has 14 heavy (non-hydrogen) atoms. The van der Waals surface area contributed by atoms with Gasteiger partial charge in [-0.2, -0.15) is 5.10 Å². The molecule has 2 N–H and O–H groups in total. The summed E-state index contributed by atoms with van der Waals surface area (Å²) in [6.45, 7) is 4.30. The van der Waals surface area contributed by atoms with Crippen LogP contribution in [0.15, 0.2) is 0 Å². The number of aromatic nitrogens is 3. The van der Waals surface area contributed by atoms with E-state index in [1.165, 1.54) is 32.4 Å². The standard InChI is InChI=1S/C10H18N4/c1-8-12-10(14-13-8)3-2-9-4-6-11-7-5-9/h9,11H,2-7H2,1H3,(H,12,13,14). The summed E-state index contributed by atoms with van der Waals surface area (Å²) in [5, 5.41) is 10.4. The molecule has 2 heterocycles. The predicted molar refractivity (Wildman–Crippen MR) is 55.0 cm³/mol. The van der Waals surface area contributed by atoms with Gasteiger partial charge in [-0.3, -0.25) is 5.10 Å². The molecule has 0 bridgehead atoms. The summed E-state index contributed by atoms with van der Waals surface area (Å²) in [5.41, 5.74) is 0. The third kappa shape index (κ3) is 2.54. The number of aromatic amines is 1. The third-order valence-electron chi connectivity index (χ3n) is 2.88. The Hall–Kier alpha value is -0.900. The second-order valence-corrected chi connectivity index (χ2v) is 4.07. The van der Waals surface area contributed by atoms with E-state index in [1.54, 1.807) is 0 Å². The van der Waals surface area contributed by atoms with Gasteiger partial charge in [0.15, 0.2) is 5.82 Å². The number of hydrogen-bond acceptors (Lipinski definition) is 3. The van der Waals surface area contributed by atoms with Crippen molar-refractivity contribution in [1.82, 2.24) is 20.5 Å². The average molecular weight is 194 g/mol. The number of rotatable bonds is 3. The Bertz CT molecular complexity index is 275. The SMILES string of the molecule is Cc1nc(CCC2CCNCC2)n[nH]1. The zero-order valence-electron chi connectivity index (χ0n) is 8.71. The minimum absolute atomic E-state index is 0.870. The first-order valence-electron chi connectivity index (χ1n) is 5.43. The second-order valence-electron chi connectivity index (χ2n) is 4.07. The molecule has 0 aliphatic carbocycles. The first-order chi connectivity index (χ1) is 6.84. The highest BCUT2D eigenvalue weighted by molar-refractivity contribution is 4.88. The van der Waals surface area contributed by atoms with Gasteiger partial charge in [0.2, 0.25) is 0 Å². The maximum Gasteiger partial charge on any atom is 0.150 e. The molecule has 78 valence electrons. The van der Waals surface area contributed by atoms with E-state index in [0.29, 0.717) is 0 Å². The number of piperidine rings is 1. The van der Waals surface area contributed by atoms with E-state index in [4.69, 9.17) is 0 Å². The summed E-state index contributed by atoms with van der Waals surface area (Å²) in [6, 6.07) is 0. The Morgan fingerprint density at radius 2 is 2.14 bits per heavy atom. The van der Waals surface area contributed by atoms with Crippen molar-refractivity contribution in [3.8, 4) is 0 Å². The first-order valence-corrected chi connectivity index (χ1v) is 5.43. The van der Waals surface area contributed by atoms with Crippen LogP contribution in [0.5, 0.6) is 0 Å². The van der Waals surface area contributed by atoms with Gasteiger partial charge in [-0.15, -0.1) is 0 Å². The summed E-state index contributed by atoms with van der Waals surface area (Å²) < 4.78 is 0. The summed E-state index contributed by atoms with van der Waals surface area (Å²) in [6.07, 6.45) is 4.88. The minimum Gasteiger partial charge on any atom is -0.317 e. The Kier molecular flexibility index (Phi) is 3.14. The Labute approximate surface area is 84.5 Å². The summed E-state index contributed by atoms with van der Waals surface area (Å²) in [4.78, 5) is 4.31. The van der Waals surface area contributed by atoms with E-state index in [0.717, 1.165) is 24.0 Å². The highest BCUT2D eigenvalue weighted by atomic mass is 15.2. The average Bonchev–Trinajstić information content (AvgIpc) is 2.63. The third-order valence-corrected chi connectivity index (χ3v) is 2.88. The molecule has 4 heteroatoms. The lowest BCUT2D eigenvalue weighted by Gasteiger charge is -2.21. The maximum atomic E-state index is 4.31. The van der Waals surface area contributed by atoms with Crippen LogP contribution in [0.1, 0.15) is 30.9 Å². The van der Waals surface area contributed by atoms with Crippen LogP contribution in [0, 0.1) is 12.8 Å². The van der Waals surface area contributed by atoms with Gasteiger partial charge >= 0.3 is 0 Å². The zero-order chi connectivity index (χ0) is 9.80. The normalized spacial score (nSPS) is 18.6. The molecule has 1 fully saturated rings. The second kappa shape index (κ2) is 4.55. The van der Waals surface area contributed by atoms with Crippen LogP contribution < -0.4 is 5.32 Å². The van der Waals surface area contributed by atoms with E-state index < -0.39 is 0 Å². The van der Waals surface area contributed by atoms with Gasteiger partial charge in [-0.25, -0.2) is 4.98 Å². The van der Waals surface area contributed by atoms with Crippen molar-refractivity contribution in [2.24, 2.45) is 5.92 Å². The highest BCUT2D eigenvalue weighted by Gasteiger charge is 2.13. The van der Waals surface area contributed by atoms with Crippen LogP contribution in [0.3, 0.4) is 0 Å². The predicted octanol–water partition coefficient (Wildman–Crippen LogP) is 1.05. The van der Waals surface area contributed by atoms with Crippen molar-refractivity contribution in [2.75, 3.05) is 13.1 Å². The van der Waals surface area contributed by atoms with Crippen LogP contribution in [-0.4, -0.2) is 28.3 Å². The molecule has 1 aliphatic heterocycles. The van der Waals surface area contributed by atoms with Crippen molar-refractivity contribution in [2.45, 2.75) is 32.6 Å². The van der Waals surface area contributed by atoms with Gasteiger partial charge in [-0.05, 0) is 45.2 Å². The van der Waals surface area contributed by atoms with Crippen LogP contribution in [-0.2, 0) is 6.42 Å². The topological polar surface area (TPSA) is 53.6 Å². The number of aryl methyl sites for hydroxylation is 2. The lowest BCUT2D eigenvalue weighted by atomic mass is 9.93. The van der Waals surface area contributed by atoms with Crippen LogP contribution in [0.4, 0.5) is 0 Å². The molecule has 0 aromatic carbocycles. The zero-order valence-corrected chi connectivity index (χ0v) is 8.71. The van der Waals surface area contributed by atoms with Gasteiger partial charge in [-0.1, -0.05) is 0 Å². The van der Waals surface area contributed by atoms with Gasteiger partial charge in [0, 0.05) is 6.42 Å². The summed E-state index contributed by atoms with van der Waals surface area (Å²) in [5.74, 6) is 2.77. The van der Waals surface area contributed by atoms with Gasteiger partial charge in [0.25, 0.3) is 0 Å². The van der Waals surface area contributed by atoms with Crippen LogP contribution in [0.25, 0.3) is 0 Å². The molecule has 2 rings (SSSR count). The Balaban J connectivity index is 1.76. The fraction of sp³-hybridized carbons (Fsp3) is 0.800. The van der Waals surface area contributed by atoms with Crippen molar-refractivity contribution in [1.29, 1.82) is 0 Å². The molecule has 0 amide bonds. The summed E-state index contributed by atoms with van der Waals surface area (Å²) >= 11 is 0. The Morgan fingerprint density at radius 3 is 2.79 bits per heavy atom. The molecule has 0 saturated carbocycles. The summed E-state index contributed by atoms with van der Waals surface area (Å²) in [7, 11) is 0. The number of hydrogen-bond donors (Lipinski definition) is 2. The number of nitrogens with one attached hydrogen (secondary N) is 2. The Morgan fingerprint density at radius 1 is 1.36 bits per heavy atom. The van der Waals surface area contributed by atoms with Crippen molar-refractivity contribution < 1.29 is 0 Å². The molecule has 1 aliphatic rings. The van der Waals surface area contributed by atoms with E-state index in [1.807, 2.05) is 6.92 Å². The molecule has 0 atom stereocenters. The minimum atomic E-state index is 0.870. The largest absolute Gasteiger partial charge is 0.317 e. The van der Waals surface area contributed by atoms with Crippen molar-refractivity contribution >= 4 is 0 Å². The lowest BCUT2D eigenvalue weighted by Crippen LogP contribution is -2.27.